The van der Waals surface area contributed by atoms with Crippen LogP contribution in [0.4, 0.5) is 5.69 Å². The summed E-state index contributed by atoms with van der Waals surface area (Å²) in [6.45, 7) is 6.81. The molecule has 5 heteroatoms. The minimum absolute atomic E-state index is 0.374. The van der Waals surface area contributed by atoms with E-state index in [1.807, 2.05) is 18.2 Å². The van der Waals surface area contributed by atoms with Crippen molar-refractivity contribution >= 4 is 11.6 Å². The molecule has 2 aliphatic rings. The van der Waals surface area contributed by atoms with Crippen LogP contribution < -0.4 is 20.5 Å². The lowest BCUT2D eigenvalue weighted by atomic mass is 9.82. The summed E-state index contributed by atoms with van der Waals surface area (Å²) in [7, 11) is 0. The van der Waals surface area contributed by atoms with E-state index in [2.05, 4.69) is 24.2 Å². The van der Waals surface area contributed by atoms with Crippen LogP contribution in [-0.4, -0.2) is 25.7 Å². The van der Waals surface area contributed by atoms with Gasteiger partial charge < -0.3 is 20.5 Å². The van der Waals surface area contributed by atoms with E-state index >= 15 is 0 Å². The molecule has 126 valence electrons. The number of nitrogens with one attached hydrogen (secondary N) is 1. The van der Waals surface area contributed by atoms with Crippen molar-refractivity contribution in [2.45, 2.75) is 39.5 Å². The van der Waals surface area contributed by atoms with E-state index in [9.17, 15) is 0 Å². The molecule has 0 amide bonds. The lowest BCUT2D eigenvalue weighted by molar-refractivity contribution is 0.267. The number of nitrogens with two attached hydrogens (primary N) is 1. The molecule has 0 bridgehead atoms. The first kappa shape index (κ1) is 16.0. The first-order chi connectivity index (χ1) is 11.0. The van der Waals surface area contributed by atoms with Gasteiger partial charge in [0.05, 0.1) is 13.2 Å². The Morgan fingerprint density at radius 2 is 2.04 bits per heavy atom. The molecule has 0 spiro atoms. The van der Waals surface area contributed by atoms with E-state index < -0.39 is 0 Å². The Bertz CT molecular complexity index is 584. The fourth-order valence-electron chi connectivity index (χ4n) is 3.37. The Labute approximate surface area is 138 Å². The molecule has 1 aromatic carbocycles. The summed E-state index contributed by atoms with van der Waals surface area (Å²) < 4.78 is 11.3. The Morgan fingerprint density at radius 1 is 1.26 bits per heavy atom. The number of benzene rings is 1. The van der Waals surface area contributed by atoms with E-state index in [4.69, 9.17) is 15.2 Å². The SMILES string of the molecule is CC1(C)CCCC1CN=C(N)Nc1ccc2c(c1)OCCCO2. The second-order valence-electron chi connectivity index (χ2n) is 7.14. The molecule has 3 N–H and O–H groups in total. The van der Waals surface area contributed by atoms with Gasteiger partial charge in [-0.25, -0.2) is 0 Å². The summed E-state index contributed by atoms with van der Waals surface area (Å²) >= 11 is 0. The number of ether oxygens (including phenoxy) is 2. The van der Waals surface area contributed by atoms with Gasteiger partial charge in [0.15, 0.2) is 17.5 Å². The van der Waals surface area contributed by atoms with Crippen molar-refractivity contribution in [1.29, 1.82) is 0 Å². The van der Waals surface area contributed by atoms with Gasteiger partial charge in [-0.3, -0.25) is 4.99 Å². The minimum Gasteiger partial charge on any atom is -0.490 e. The number of nitrogens with zero attached hydrogens (tertiary/aromatic N) is 1. The zero-order valence-corrected chi connectivity index (χ0v) is 14.1. The maximum absolute atomic E-state index is 6.05. The van der Waals surface area contributed by atoms with Crippen LogP contribution in [0.25, 0.3) is 0 Å². The van der Waals surface area contributed by atoms with Gasteiger partial charge in [-0.15, -0.1) is 0 Å². The monoisotopic (exact) mass is 317 g/mol. The highest BCUT2D eigenvalue weighted by atomic mass is 16.5. The number of guanidine groups is 1. The Hall–Kier alpha value is -1.91. The molecule has 1 aliphatic heterocycles. The summed E-state index contributed by atoms with van der Waals surface area (Å²) in [5.41, 5.74) is 7.30. The van der Waals surface area contributed by atoms with Gasteiger partial charge in [0.25, 0.3) is 0 Å². The predicted octanol–water partition coefficient (Wildman–Crippen LogP) is 3.40. The molecule has 1 fully saturated rings. The summed E-state index contributed by atoms with van der Waals surface area (Å²) in [4.78, 5) is 4.54. The Balaban J connectivity index is 1.62. The summed E-state index contributed by atoms with van der Waals surface area (Å²) in [5, 5.41) is 3.16. The van der Waals surface area contributed by atoms with Crippen molar-refractivity contribution in [1.82, 2.24) is 0 Å². The average molecular weight is 317 g/mol. The Kier molecular flexibility index (Phi) is 4.64. The number of fused-ring (bicyclic) bond motifs is 1. The van der Waals surface area contributed by atoms with Crippen molar-refractivity contribution in [2.24, 2.45) is 22.1 Å². The highest BCUT2D eigenvalue weighted by Crippen LogP contribution is 2.42. The van der Waals surface area contributed by atoms with Gasteiger partial charge in [-0.1, -0.05) is 20.3 Å². The maximum atomic E-state index is 6.05. The fraction of sp³-hybridized carbons (Fsp3) is 0.611. The van der Waals surface area contributed by atoms with E-state index in [1.54, 1.807) is 0 Å². The maximum Gasteiger partial charge on any atom is 0.193 e. The first-order valence-corrected chi connectivity index (χ1v) is 8.51. The summed E-state index contributed by atoms with van der Waals surface area (Å²) in [5.74, 6) is 2.63. The van der Waals surface area contributed by atoms with Crippen LogP contribution in [-0.2, 0) is 0 Å². The molecule has 3 rings (SSSR count). The molecule has 5 nitrogen and oxygen atoms in total. The van der Waals surface area contributed by atoms with Gasteiger partial charge in [-0.05, 0) is 36.3 Å². The smallest absolute Gasteiger partial charge is 0.193 e. The molecule has 0 saturated heterocycles. The molecule has 0 radical (unpaired) electrons. The molecular weight excluding hydrogens is 290 g/mol. The molecular formula is C18H27N3O2. The zero-order chi connectivity index (χ0) is 16.3. The fourth-order valence-corrected chi connectivity index (χ4v) is 3.37. The molecule has 23 heavy (non-hydrogen) atoms. The third kappa shape index (κ3) is 3.89. The summed E-state index contributed by atoms with van der Waals surface area (Å²) in [6.07, 6.45) is 4.72. The zero-order valence-electron chi connectivity index (χ0n) is 14.1. The molecule has 1 saturated carbocycles. The van der Waals surface area contributed by atoms with Crippen LogP contribution in [0, 0.1) is 11.3 Å². The molecule has 1 aromatic rings. The summed E-state index contributed by atoms with van der Waals surface area (Å²) in [6, 6.07) is 5.77. The van der Waals surface area contributed by atoms with Crippen molar-refractivity contribution in [3.63, 3.8) is 0 Å². The number of rotatable bonds is 3. The Morgan fingerprint density at radius 3 is 2.78 bits per heavy atom. The highest BCUT2D eigenvalue weighted by Gasteiger charge is 2.33. The van der Waals surface area contributed by atoms with E-state index in [1.165, 1.54) is 19.3 Å². The van der Waals surface area contributed by atoms with Gasteiger partial charge in [-0.2, -0.15) is 0 Å². The minimum atomic E-state index is 0.374. The molecule has 0 aromatic heterocycles. The first-order valence-electron chi connectivity index (χ1n) is 8.51. The molecule has 1 atom stereocenters. The normalized spacial score (nSPS) is 23.4. The van der Waals surface area contributed by atoms with E-state index in [0.717, 1.165) is 30.2 Å². The lowest BCUT2D eigenvalue weighted by Gasteiger charge is -2.25. The van der Waals surface area contributed by atoms with Crippen molar-refractivity contribution in [3.8, 4) is 11.5 Å². The van der Waals surface area contributed by atoms with Gasteiger partial charge in [0.2, 0.25) is 0 Å². The topological polar surface area (TPSA) is 68.9 Å². The second kappa shape index (κ2) is 6.69. The van der Waals surface area contributed by atoms with Crippen molar-refractivity contribution in [3.05, 3.63) is 18.2 Å². The third-order valence-corrected chi connectivity index (χ3v) is 4.98. The number of aliphatic imine (C=N–C) groups is 1. The second-order valence-corrected chi connectivity index (χ2v) is 7.14. The quantitative estimate of drug-likeness (QED) is 0.662. The number of hydrogen-bond donors (Lipinski definition) is 2. The largest absolute Gasteiger partial charge is 0.490 e. The highest BCUT2D eigenvalue weighted by molar-refractivity contribution is 5.92. The third-order valence-electron chi connectivity index (χ3n) is 4.98. The average Bonchev–Trinajstić information content (AvgIpc) is 2.71. The van der Waals surface area contributed by atoms with Crippen LogP contribution >= 0.6 is 0 Å². The van der Waals surface area contributed by atoms with Crippen LogP contribution in [0.3, 0.4) is 0 Å². The molecule has 1 unspecified atom stereocenters. The van der Waals surface area contributed by atoms with E-state index in [0.29, 0.717) is 30.5 Å². The van der Waals surface area contributed by atoms with Crippen LogP contribution in [0.5, 0.6) is 11.5 Å². The lowest BCUT2D eigenvalue weighted by Crippen LogP contribution is -2.26. The number of anilines is 1. The van der Waals surface area contributed by atoms with Crippen LogP contribution in [0.1, 0.15) is 39.5 Å². The van der Waals surface area contributed by atoms with E-state index in [-0.39, 0.29) is 0 Å². The molecule has 1 aliphatic carbocycles. The van der Waals surface area contributed by atoms with Gasteiger partial charge >= 0.3 is 0 Å². The van der Waals surface area contributed by atoms with Crippen LogP contribution in [0.15, 0.2) is 23.2 Å². The number of hydrogen-bond acceptors (Lipinski definition) is 3. The molecule has 1 heterocycles. The predicted molar refractivity (Wildman–Crippen MR) is 93.3 cm³/mol. The van der Waals surface area contributed by atoms with Crippen molar-refractivity contribution < 1.29 is 9.47 Å². The standard InChI is InChI=1S/C18H27N3O2/c1-18(2)8-3-5-13(18)12-20-17(19)21-14-6-7-15-16(11-14)23-10-4-9-22-15/h6-7,11,13H,3-5,8-10,12H2,1-2H3,(H3,19,20,21). The van der Waals surface area contributed by atoms with Gasteiger partial charge in [0, 0.05) is 24.7 Å². The van der Waals surface area contributed by atoms with Gasteiger partial charge in [0.1, 0.15) is 0 Å². The van der Waals surface area contributed by atoms with Crippen LogP contribution in [0.2, 0.25) is 0 Å². The van der Waals surface area contributed by atoms with Crippen molar-refractivity contribution in [2.75, 3.05) is 25.1 Å².